The van der Waals surface area contributed by atoms with Gasteiger partial charge in [-0.1, -0.05) is 29.3 Å². The minimum absolute atomic E-state index is 0.0584. The molecule has 168 valence electrons. The minimum atomic E-state index is -3.78. The van der Waals surface area contributed by atoms with Gasteiger partial charge in [-0.2, -0.15) is 4.31 Å². The van der Waals surface area contributed by atoms with Crippen molar-refractivity contribution < 1.29 is 17.9 Å². The van der Waals surface area contributed by atoms with Gasteiger partial charge in [-0.25, -0.2) is 8.42 Å². The van der Waals surface area contributed by atoms with E-state index < -0.39 is 15.9 Å². The first-order chi connectivity index (χ1) is 14.7. The van der Waals surface area contributed by atoms with Gasteiger partial charge >= 0.3 is 0 Å². The summed E-state index contributed by atoms with van der Waals surface area (Å²) in [5.74, 6) is 0.203. The van der Waals surface area contributed by atoms with E-state index in [2.05, 4.69) is 10.2 Å². The van der Waals surface area contributed by atoms with E-state index >= 15 is 0 Å². The Kier molecular flexibility index (Phi) is 7.82. The fraction of sp³-hybridized carbons (Fsp3) is 0.381. The molecule has 0 aromatic heterocycles. The molecule has 7 nitrogen and oxygen atoms in total. The van der Waals surface area contributed by atoms with Crippen molar-refractivity contribution in [3.8, 4) is 5.75 Å². The number of rotatable bonds is 7. The standard InChI is InChI=1S/C21H25Cl2N3O4S/c1-15-3-5-17(14-19(15)23)30-12-7-24-21(27)16-4-6-18(22)20(13-16)31(28,29)26-10-8-25(2)9-11-26/h3-6,13-14H,7-12H2,1-2H3,(H,24,27). The van der Waals surface area contributed by atoms with Crippen LogP contribution in [0.4, 0.5) is 0 Å². The van der Waals surface area contributed by atoms with Gasteiger partial charge in [0.25, 0.3) is 5.91 Å². The van der Waals surface area contributed by atoms with Crippen LogP contribution < -0.4 is 10.1 Å². The van der Waals surface area contributed by atoms with Crippen molar-refractivity contribution in [1.29, 1.82) is 0 Å². The maximum absolute atomic E-state index is 13.0. The van der Waals surface area contributed by atoms with Crippen LogP contribution in [0.1, 0.15) is 15.9 Å². The summed E-state index contributed by atoms with van der Waals surface area (Å²) >= 11 is 12.2. The second kappa shape index (κ2) is 10.2. The number of nitrogens with one attached hydrogen (secondary N) is 1. The highest BCUT2D eigenvalue weighted by molar-refractivity contribution is 7.89. The van der Waals surface area contributed by atoms with Crippen molar-refractivity contribution in [3.05, 3.63) is 57.6 Å². The number of amides is 1. The van der Waals surface area contributed by atoms with Crippen LogP contribution in [-0.2, 0) is 10.0 Å². The summed E-state index contributed by atoms with van der Waals surface area (Å²) in [6, 6.07) is 9.63. The lowest BCUT2D eigenvalue weighted by molar-refractivity contribution is 0.0947. The number of halogens is 2. The number of hydrogen-bond donors (Lipinski definition) is 1. The predicted octanol–water partition coefficient (Wildman–Crippen LogP) is 3.05. The number of nitrogens with zero attached hydrogens (tertiary/aromatic N) is 2. The lowest BCUT2D eigenvalue weighted by atomic mass is 10.2. The number of carbonyl (C=O) groups is 1. The first-order valence-corrected chi connectivity index (χ1v) is 12.0. The van der Waals surface area contributed by atoms with Crippen LogP contribution in [-0.4, -0.2) is 69.9 Å². The van der Waals surface area contributed by atoms with Gasteiger partial charge in [0, 0.05) is 36.8 Å². The fourth-order valence-electron chi connectivity index (χ4n) is 3.11. The largest absolute Gasteiger partial charge is 0.492 e. The molecule has 1 aliphatic rings. The molecule has 2 aromatic carbocycles. The number of carbonyl (C=O) groups excluding carboxylic acids is 1. The van der Waals surface area contributed by atoms with Gasteiger partial charge in [0.05, 0.1) is 11.6 Å². The highest BCUT2D eigenvalue weighted by Crippen LogP contribution is 2.27. The number of hydrogen-bond acceptors (Lipinski definition) is 5. The average Bonchev–Trinajstić information content (AvgIpc) is 2.74. The van der Waals surface area contributed by atoms with Crippen molar-refractivity contribution in [2.24, 2.45) is 0 Å². The molecule has 0 atom stereocenters. The van der Waals surface area contributed by atoms with Gasteiger partial charge in [0.15, 0.2) is 0 Å². The molecule has 1 fully saturated rings. The molecule has 1 saturated heterocycles. The van der Waals surface area contributed by atoms with Crippen LogP contribution in [0.15, 0.2) is 41.3 Å². The van der Waals surface area contributed by atoms with E-state index in [1.807, 2.05) is 20.0 Å². The van der Waals surface area contributed by atoms with Gasteiger partial charge in [0.2, 0.25) is 10.0 Å². The van der Waals surface area contributed by atoms with Crippen LogP contribution in [0.3, 0.4) is 0 Å². The molecule has 2 aromatic rings. The van der Waals surface area contributed by atoms with E-state index in [0.29, 0.717) is 37.0 Å². The summed E-state index contributed by atoms with van der Waals surface area (Å²) < 4.78 is 33.0. The maximum atomic E-state index is 13.0. The summed E-state index contributed by atoms with van der Waals surface area (Å²) in [6.07, 6.45) is 0. The van der Waals surface area contributed by atoms with Gasteiger partial charge in [-0.3, -0.25) is 4.79 Å². The Morgan fingerprint density at radius 1 is 1.06 bits per heavy atom. The highest BCUT2D eigenvalue weighted by Gasteiger charge is 2.30. The average molecular weight is 486 g/mol. The Labute approximate surface area is 192 Å². The van der Waals surface area contributed by atoms with Gasteiger partial charge in [0.1, 0.15) is 17.3 Å². The fourth-order valence-corrected chi connectivity index (χ4v) is 5.20. The third-order valence-electron chi connectivity index (χ3n) is 5.07. The normalized spacial score (nSPS) is 15.6. The number of aryl methyl sites for hydroxylation is 1. The van der Waals surface area contributed by atoms with Crippen LogP contribution in [0.5, 0.6) is 5.75 Å². The zero-order valence-electron chi connectivity index (χ0n) is 17.4. The summed E-state index contributed by atoms with van der Waals surface area (Å²) in [5, 5.41) is 3.42. The summed E-state index contributed by atoms with van der Waals surface area (Å²) in [4.78, 5) is 14.5. The molecular formula is C21H25Cl2N3O4S. The van der Waals surface area contributed by atoms with E-state index in [1.165, 1.54) is 22.5 Å². The van der Waals surface area contributed by atoms with Crippen molar-refractivity contribution in [2.45, 2.75) is 11.8 Å². The molecule has 0 spiro atoms. The third-order valence-corrected chi connectivity index (χ3v) is 7.86. The predicted molar refractivity (Wildman–Crippen MR) is 122 cm³/mol. The van der Waals surface area contributed by atoms with Crippen LogP contribution in [0, 0.1) is 6.92 Å². The zero-order chi connectivity index (χ0) is 22.6. The number of ether oxygens (including phenoxy) is 1. The van der Waals surface area contributed by atoms with Crippen LogP contribution in [0.2, 0.25) is 10.0 Å². The first kappa shape index (κ1) is 23.8. The van der Waals surface area contributed by atoms with Gasteiger partial charge in [-0.15, -0.1) is 0 Å². The number of piperazine rings is 1. The Morgan fingerprint density at radius 3 is 2.45 bits per heavy atom. The second-order valence-corrected chi connectivity index (χ2v) is 10.1. The molecule has 0 aliphatic carbocycles. The Hall–Kier alpha value is -1.84. The molecule has 10 heteroatoms. The van der Waals surface area contributed by atoms with Crippen molar-refractivity contribution >= 4 is 39.1 Å². The summed E-state index contributed by atoms with van der Waals surface area (Å²) in [7, 11) is -1.84. The third kappa shape index (κ3) is 5.90. The van der Waals surface area contributed by atoms with E-state index in [0.717, 1.165) is 5.56 Å². The molecule has 0 bridgehead atoms. The topological polar surface area (TPSA) is 78.9 Å². The Bertz CT molecular complexity index is 1050. The SMILES string of the molecule is Cc1ccc(OCCNC(=O)c2ccc(Cl)c(S(=O)(=O)N3CCN(C)CC3)c2)cc1Cl. The smallest absolute Gasteiger partial charge is 0.251 e. The summed E-state index contributed by atoms with van der Waals surface area (Å²) in [6.45, 7) is 4.43. The van der Waals surface area contributed by atoms with E-state index in [1.54, 1.807) is 12.1 Å². The molecule has 1 heterocycles. The second-order valence-electron chi connectivity index (χ2n) is 7.37. The van der Waals surface area contributed by atoms with Crippen molar-refractivity contribution in [2.75, 3.05) is 46.4 Å². The molecule has 0 radical (unpaired) electrons. The quantitative estimate of drug-likeness (QED) is 0.609. The molecule has 1 amide bonds. The van der Waals surface area contributed by atoms with Crippen molar-refractivity contribution in [3.63, 3.8) is 0 Å². The number of sulfonamides is 1. The molecule has 1 N–H and O–H groups in total. The van der Waals surface area contributed by atoms with E-state index in [-0.39, 0.29) is 28.6 Å². The molecule has 3 rings (SSSR count). The first-order valence-electron chi connectivity index (χ1n) is 9.84. The minimum Gasteiger partial charge on any atom is -0.492 e. The summed E-state index contributed by atoms with van der Waals surface area (Å²) in [5.41, 5.74) is 1.17. The molecule has 31 heavy (non-hydrogen) atoms. The molecule has 0 saturated carbocycles. The monoisotopic (exact) mass is 485 g/mol. The van der Waals surface area contributed by atoms with Crippen LogP contribution in [0.25, 0.3) is 0 Å². The Balaban J connectivity index is 1.62. The maximum Gasteiger partial charge on any atom is 0.251 e. The molecule has 1 aliphatic heterocycles. The Morgan fingerprint density at radius 2 is 1.77 bits per heavy atom. The molecular weight excluding hydrogens is 461 g/mol. The number of likely N-dealkylation sites (N-methyl/N-ethyl adjacent to an activating group) is 1. The van der Waals surface area contributed by atoms with E-state index in [9.17, 15) is 13.2 Å². The lowest BCUT2D eigenvalue weighted by Crippen LogP contribution is -2.47. The number of benzene rings is 2. The van der Waals surface area contributed by atoms with Gasteiger partial charge in [-0.05, 0) is 49.9 Å². The van der Waals surface area contributed by atoms with Gasteiger partial charge < -0.3 is 15.0 Å². The van der Waals surface area contributed by atoms with Crippen molar-refractivity contribution in [1.82, 2.24) is 14.5 Å². The molecule has 0 unspecified atom stereocenters. The lowest BCUT2D eigenvalue weighted by Gasteiger charge is -2.31. The highest BCUT2D eigenvalue weighted by atomic mass is 35.5. The van der Waals surface area contributed by atoms with Crippen LogP contribution >= 0.6 is 23.2 Å². The zero-order valence-corrected chi connectivity index (χ0v) is 19.7. The van der Waals surface area contributed by atoms with E-state index in [4.69, 9.17) is 27.9 Å².